The van der Waals surface area contributed by atoms with Gasteiger partial charge in [-0.3, -0.25) is 9.59 Å². The molecule has 0 saturated heterocycles. The Labute approximate surface area is 161 Å². The van der Waals surface area contributed by atoms with E-state index >= 15 is 0 Å². The van der Waals surface area contributed by atoms with Gasteiger partial charge in [-0.1, -0.05) is 23.2 Å². The highest BCUT2D eigenvalue weighted by atomic mass is 35.5. The van der Waals surface area contributed by atoms with Gasteiger partial charge in [0.1, 0.15) is 26.0 Å². The van der Waals surface area contributed by atoms with Crippen molar-refractivity contribution in [2.24, 2.45) is 5.73 Å². The monoisotopic (exact) mass is 440 g/mol. The van der Waals surface area contributed by atoms with E-state index in [9.17, 15) is 27.5 Å². The number of rotatable bonds is 5. The van der Waals surface area contributed by atoms with E-state index < -0.39 is 52.7 Å². The molecule has 7 nitrogen and oxygen atoms in total. The molecule has 0 aliphatic rings. The van der Waals surface area contributed by atoms with Gasteiger partial charge in [0.05, 0.1) is 15.6 Å². The summed E-state index contributed by atoms with van der Waals surface area (Å²) in [6.07, 6.45) is -1.40. The quantitative estimate of drug-likeness (QED) is 0.615. The molecule has 0 fully saturated rings. The summed E-state index contributed by atoms with van der Waals surface area (Å²) in [6.45, 7) is 1.18. The molecule has 0 aliphatic carbocycles. The van der Waals surface area contributed by atoms with E-state index in [-0.39, 0.29) is 10.6 Å². The fourth-order valence-electron chi connectivity index (χ4n) is 1.88. The minimum Gasteiger partial charge on any atom is -0.384 e. The van der Waals surface area contributed by atoms with Gasteiger partial charge in [-0.25, -0.2) is 12.8 Å². The van der Waals surface area contributed by atoms with E-state index in [2.05, 4.69) is 5.32 Å². The first kappa shape index (κ1) is 20.6. The van der Waals surface area contributed by atoms with Crippen LogP contribution in [0.4, 0.5) is 9.39 Å². The number of nitrogens with two attached hydrogens (primary N) is 1. The number of aliphatic hydroxyl groups is 1. The van der Waals surface area contributed by atoms with Crippen molar-refractivity contribution >= 4 is 61.2 Å². The van der Waals surface area contributed by atoms with Crippen molar-refractivity contribution in [1.29, 1.82) is 0 Å². The van der Waals surface area contributed by atoms with Crippen LogP contribution in [-0.2, 0) is 14.6 Å². The lowest BCUT2D eigenvalue weighted by Crippen LogP contribution is -2.25. The van der Waals surface area contributed by atoms with E-state index in [1.165, 1.54) is 6.92 Å². The van der Waals surface area contributed by atoms with Crippen LogP contribution in [0.5, 0.6) is 0 Å². The number of anilines is 1. The molecule has 1 atom stereocenters. The summed E-state index contributed by atoms with van der Waals surface area (Å²) in [7, 11) is -4.34. The zero-order valence-electron chi connectivity index (χ0n) is 12.9. The number of halogens is 3. The fourth-order valence-corrected chi connectivity index (χ4v) is 5.79. The van der Waals surface area contributed by atoms with Crippen LogP contribution in [0.3, 0.4) is 0 Å². The van der Waals surface area contributed by atoms with E-state index in [1.807, 2.05) is 0 Å². The maximum absolute atomic E-state index is 13.3. The maximum Gasteiger partial charge on any atom is 0.253 e. The molecule has 2 aromatic rings. The third-order valence-corrected chi connectivity index (χ3v) is 7.29. The van der Waals surface area contributed by atoms with Gasteiger partial charge in [0, 0.05) is 0 Å². The van der Waals surface area contributed by atoms with Crippen LogP contribution in [0.15, 0.2) is 27.3 Å². The van der Waals surface area contributed by atoms with Crippen molar-refractivity contribution in [2.75, 3.05) is 5.32 Å². The Balaban J connectivity index is 2.62. The molecule has 1 heterocycles. The largest absolute Gasteiger partial charge is 0.384 e. The second-order valence-corrected chi connectivity index (χ2v) is 9.02. The topological polar surface area (TPSA) is 127 Å². The van der Waals surface area contributed by atoms with Crippen LogP contribution in [0.25, 0.3) is 0 Å². The minimum absolute atomic E-state index is 0.170. The third-order valence-electron chi connectivity index (χ3n) is 3.09. The first-order chi connectivity index (χ1) is 11.9. The predicted molar refractivity (Wildman–Crippen MR) is 95.0 cm³/mol. The maximum atomic E-state index is 13.3. The van der Waals surface area contributed by atoms with E-state index in [0.717, 1.165) is 18.2 Å². The molecule has 12 heteroatoms. The normalized spacial score (nSPS) is 12.7. The van der Waals surface area contributed by atoms with Crippen LogP contribution in [-0.4, -0.2) is 31.4 Å². The summed E-state index contributed by atoms with van der Waals surface area (Å²) in [6, 6.07) is 2.49. The van der Waals surface area contributed by atoms with Gasteiger partial charge >= 0.3 is 0 Å². The van der Waals surface area contributed by atoms with Gasteiger partial charge < -0.3 is 16.2 Å². The standard InChI is InChI=1S/C14H11Cl2FN2O5S2/c1-5(20)13(22)19-14-7(12(18)21)4-10(25-14)26(23,24)11-8(15)2-6(17)3-9(11)16/h2-5,20H,1H3,(H2,18,21)(H,19,22)/t5-/m0/s1. The number of carbonyl (C=O) groups is 2. The molecule has 1 aromatic carbocycles. The molecule has 26 heavy (non-hydrogen) atoms. The van der Waals surface area contributed by atoms with Gasteiger partial charge in [-0.05, 0) is 25.1 Å². The molecule has 2 rings (SSSR count). The molecule has 0 radical (unpaired) electrons. The number of primary amides is 1. The lowest BCUT2D eigenvalue weighted by atomic mass is 10.3. The zero-order chi connectivity index (χ0) is 19.8. The molecule has 0 aliphatic heterocycles. The first-order valence-corrected chi connectivity index (χ1v) is 9.83. The second kappa shape index (κ2) is 7.49. The SMILES string of the molecule is C[C@H](O)C(=O)Nc1sc(S(=O)(=O)c2c(Cl)cc(F)cc2Cl)cc1C(N)=O. The Morgan fingerprint density at radius 3 is 2.27 bits per heavy atom. The highest BCUT2D eigenvalue weighted by molar-refractivity contribution is 7.93. The molecule has 0 saturated carbocycles. The third kappa shape index (κ3) is 3.99. The van der Waals surface area contributed by atoms with Crippen LogP contribution in [0, 0.1) is 5.82 Å². The highest BCUT2D eigenvalue weighted by Gasteiger charge is 2.30. The molecule has 2 amide bonds. The Hall–Kier alpha value is -1.72. The number of hydrogen-bond donors (Lipinski definition) is 3. The molecular formula is C14H11Cl2FN2O5S2. The molecule has 4 N–H and O–H groups in total. The first-order valence-electron chi connectivity index (χ1n) is 6.77. The number of hydrogen-bond acceptors (Lipinski definition) is 6. The van der Waals surface area contributed by atoms with Gasteiger partial charge in [0.2, 0.25) is 9.84 Å². The Bertz CT molecular complexity index is 982. The molecule has 0 spiro atoms. The molecular weight excluding hydrogens is 430 g/mol. The number of aliphatic hydroxyl groups excluding tert-OH is 1. The Morgan fingerprint density at radius 2 is 1.81 bits per heavy atom. The van der Waals surface area contributed by atoms with Gasteiger partial charge in [-0.15, -0.1) is 11.3 Å². The summed E-state index contributed by atoms with van der Waals surface area (Å²) in [5, 5.41) is 10.4. The summed E-state index contributed by atoms with van der Waals surface area (Å²) >= 11 is 12.1. The molecule has 1 aromatic heterocycles. The highest BCUT2D eigenvalue weighted by Crippen LogP contribution is 2.39. The van der Waals surface area contributed by atoms with Crippen LogP contribution >= 0.6 is 34.5 Å². The minimum atomic E-state index is -4.34. The molecule has 0 bridgehead atoms. The van der Waals surface area contributed by atoms with Crippen molar-refractivity contribution in [3.63, 3.8) is 0 Å². The van der Waals surface area contributed by atoms with Crippen LogP contribution < -0.4 is 11.1 Å². The predicted octanol–water partition coefficient (Wildman–Crippen LogP) is 2.44. The Kier molecular flexibility index (Phi) is 5.93. The van der Waals surface area contributed by atoms with Crippen LogP contribution in [0.2, 0.25) is 10.0 Å². The van der Waals surface area contributed by atoms with Crippen LogP contribution in [0.1, 0.15) is 17.3 Å². The number of amides is 2. The molecule has 140 valence electrons. The second-order valence-electron chi connectivity index (χ2n) is 5.04. The van der Waals surface area contributed by atoms with Crippen molar-refractivity contribution in [2.45, 2.75) is 22.1 Å². The zero-order valence-corrected chi connectivity index (χ0v) is 16.1. The smallest absolute Gasteiger partial charge is 0.253 e. The summed E-state index contributed by atoms with van der Waals surface area (Å²) in [5.74, 6) is -2.69. The summed E-state index contributed by atoms with van der Waals surface area (Å²) in [4.78, 5) is 22.6. The van der Waals surface area contributed by atoms with E-state index in [0.29, 0.717) is 11.3 Å². The number of benzene rings is 1. The van der Waals surface area contributed by atoms with Crippen molar-refractivity contribution < 1.29 is 27.5 Å². The average molecular weight is 441 g/mol. The van der Waals surface area contributed by atoms with E-state index in [4.69, 9.17) is 28.9 Å². The number of sulfone groups is 1. The van der Waals surface area contributed by atoms with Gasteiger partial charge in [0.25, 0.3) is 11.8 Å². The number of carbonyl (C=O) groups excluding carboxylic acids is 2. The Morgan fingerprint density at radius 1 is 1.27 bits per heavy atom. The van der Waals surface area contributed by atoms with Crippen molar-refractivity contribution in [1.82, 2.24) is 0 Å². The van der Waals surface area contributed by atoms with Gasteiger partial charge in [-0.2, -0.15) is 0 Å². The van der Waals surface area contributed by atoms with Crippen molar-refractivity contribution in [3.8, 4) is 0 Å². The summed E-state index contributed by atoms with van der Waals surface area (Å²) in [5.41, 5.74) is 4.92. The lowest BCUT2D eigenvalue weighted by molar-refractivity contribution is -0.123. The van der Waals surface area contributed by atoms with Crippen molar-refractivity contribution in [3.05, 3.63) is 39.6 Å². The summed E-state index contributed by atoms with van der Waals surface area (Å²) < 4.78 is 38.5. The van der Waals surface area contributed by atoms with Gasteiger partial charge in [0.15, 0.2) is 0 Å². The number of nitrogens with one attached hydrogen (secondary N) is 1. The lowest BCUT2D eigenvalue weighted by Gasteiger charge is -2.07. The average Bonchev–Trinajstić information content (AvgIpc) is 2.90. The number of thiophene rings is 1. The van der Waals surface area contributed by atoms with E-state index in [1.54, 1.807) is 0 Å². The fraction of sp³-hybridized carbons (Fsp3) is 0.143. The molecule has 0 unspecified atom stereocenters.